The molecular weight excluding hydrogens is 307 g/mol. The molecule has 0 spiro atoms. The van der Waals surface area contributed by atoms with E-state index in [4.69, 9.17) is 0 Å². The van der Waals surface area contributed by atoms with Crippen molar-refractivity contribution in [3.05, 3.63) is 34.1 Å². The quantitative estimate of drug-likeness (QED) is 0.729. The number of hydrogen-bond acceptors (Lipinski definition) is 1. The zero-order valence-electron chi connectivity index (χ0n) is 12.1. The SMILES string of the molecule is CC(CC(=O)Cc1cccc(F)c1Br)CC(C)(C)C. The molecular formula is C16H22BrFO. The van der Waals surface area contributed by atoms with Gasteiger partial charge in [0.2, 0.25) is 0 Å². The average molecular weight is 329 g/mol. The maximum atomic E-state index is 13.4. The molecule has 0 N–H and O–H groups in total. The zero-order chi connectivity index (χ0) is 14.6. The summed E-state index contributed by atoms with van der Waals surface area (Å²) in [7, 11) is 0. The molecule has 0 aliphatic carbocycles. The third kappa shape index (κ3) is 5.85. The van der Waals surface area contributed by atoms with Crippen molar-refractivity contribution >= 4 is 21.7 Å². The first-order valence-corrected chi connectivity index (χ1v) is 7.43. The smallest absolute Gasteiger partial charge is 0.137 e. The van der Waals surface area contributed by atoms with Gasteiger partial charge in [-0.3, -0.25) is 4.79 Å². The number of hydrogen-bond donors (Lipinski definition) is 0. The Hall–Kier alpha value is -0.700. The van der Waals surface area contributed by atoms with Gasteiger partial charge in [-0.2, -0.15) is 0 Å². The highest BCUT2D eigenvalue weighted by atomic mass is 79.9. The molecule has 0 aliphatic rings. The maximum Gasteiger partial charge on any atom is 0.137 e. The molecule has 1 aromatic rings. The van der Waals surface area contributed by atoms with Gasteiger partial charge in [-0.1, -0.05) is 39.8 Å². The molecule has 0 saturated heterocycles. The summed E-state index contributed by atoms with van der Waals surface area (Å²) in [5.74, 6) is 0.218. The van der Waals surface area contributed by atoms with Crippen LogP contribution in [0.1, 0.15) is 46.1 Å². The van der Waals surface area contributed by atoms with Crippen LogP contribution in [-0.2, 0) is 11.2 Å². The molecule has 0 amide bonds. The monoisotopic (exact) mass is 328 g/mol. The third-order valence-corrected chi connectivity index (χ3v) is 3.84. The van der Waals surface area contributed by atoms with Crippen molar-refractivity contribution < 1.29 is 9.18 Å². The fourth-order valence-electron chi connectivity index (χ4n) is 2.48. The minimum atomic E-state index is -0.312. The number of halogens is 2. The molecule has 0 radical (unpaired) electrons. The molecule has 0 fully saturated rings. The van der Waals surface area contributed by atoms with E-state index in [1.807, 2.05) is 0 Å². The molecule has 0 aliphatic heterocycles. The summed E-state index contributed by atoms with van der Waals surface area (Å²) >= 11 is 3.20. The Labute approximate surface area is 123 Å². The number of ketones is 1. The topological polar surface area (TPSA) is 17.1 Å². The van der Waals surface area contributed by atoms with E-state index in [0.29, 0.717) is 23.2 Å². The van der Waals surface area contributed by atoms with Gasteiger partial charge in [-0.05, 0) is 45.3 Å². The van der Waals surface area contributed by atoms with E-state index in [1.165, 1.54) is 6.07 Å². The number of carbonyl (C=O) groups excluding carboxylic acids is 1. The van der Waals surface area contributed by atoms with Crippen molar-refractivity contribution in [2.75, 3.05) is 0 Å². The third-order valence-electron chi connectivity index (χ3n) is 2.96. The van der Waals surface area contributed by atoms with Gasteiger partial charge in [0, 0.05) is 12.8 Å². The second-order valence-corrected chi connectivity index (χ2v) is 7.30. The number of carbonyl (C=O) groups is 1. The van der Waals surface area contributed by atoms with Crippen LogP contribution in [0, 0.1) is 17.2 Å². The van der Waals surface area contributed by atoms with Crippen LogP contribution in [-0.4, -0.2) is 5.78 Å². The molecule has 1 nitrogen and oxygen atoms in total. The minimum absolute atomic E-state index is 0.169. The molecule has 3 heteroatoms. The lowest BCUT2D eigenvalue weighted by Gasteiger charge is -2.22. The number of Topliss-reactive ketones (excluding diaryl/α,β-unsaturated/α-hetero) is 1. The Balaban J connectivity index is 2.58. The summed E-state index contributed by atoms with van der Waals surface area (Å²) in [5.41, 5.74) is 0.965. The predicted octanol–water partition coefficient (Wildman–Crippen LogP) is 5.16. The van der Waals surface area contributed by atoms with Crippen LogP contribution in [0.15, 0.2) is 22.7 Å². The second-order valence-electron chi connectivity index (χ2n) is 6.50. The summed E-state index contributed by atoms with van der Waals surface area (Å²) < 4.78 is 13.8. The first-order valence-electron chi connectivity index (χ1n) is 6.63. The van der Waals surface area contributed by atoms with Crippen molar-refractivity contribution in [1.82, 2.24) is 0 Å². The Bertz CT molecular complexity index is 449. The van der Waals surface area contributed by atoms with Crippen LogP contribution in [0.5, 0.6) is 0 Å². The number of benzene rings is 1. The van der Waals surface area contributed by atoms with Crippen LogP contribution in [0.25, 0.3) is 0 Å². The summed E-state index contributed by atoms with van der Waals surface area (Å²) in [6, 6.07) is 4.82. The molecule has 1 atom stereocenters. The lowest BCUT2D eigenvalue weighted by molar-refractivity contribution is -0.119. The van der Waals surface area contributed by atoms with Gasteiger partial charge < -0.3 is 0 Å². The molecule has 0 heterocycles. The molecule has 1 rings (SSSR count). The maximum absolute atomic E-state index is 13.4. The van der Waals surface area contributed by atoms with Gasteiger partial charge in [-0.25, -0.2) is 4.39 Å². The lowest BCUT2D eigenvalue weighted by Crippen LogP contribution is -2.15. The lowest BCUT2D eigenvalue weighted by atomic mass is 9.83. The first-order chi connectivity index (χ1) is 8.69. The second kappa shape index (κ2) is 6.65. The summed E-state index contributed by atoms with van der Waals surface area (Å²) in [6.45, 7) is 8.63. The van der Waals surface area contributed by atoms with E-state index < -0.39 is 0 Å². The van der Waals surface area contributed by atoms with Gasteiger partial charge in [0.15, 0.2) is 0 Å². The first kappa shape index (κ1) is 16.4. The van der Waals surface area contributed by atoms with Gasteiger partial charge in [0.05, 0.1) is 4.47 Å². The molecule has 0 aromatic heterocycles. The van der Waals surface area contributed by atoms with Gasteiger partial charge in [-0.15, -0.1) is 0 Å². The zero-order valence-corrected chi connectivity index (χ0v) is 13.7. The van der Waals surface area contributed by atoms with Crippen LogP contribution >= 0.6 is 15.9 Å². The van der Waals surface area contributed by atoms with Crippen molar-refractivity contribution in [3.63, 3.8) is 0 Å². The highest BCUT2D eigenvalue weighted by Gasteiger charge is 2.18. The molecule has 0 saturated carbocycles. The highest BCUT2D eigenvalue weighted by molar-refractivity contribution is 9.10. The van der Waals surface area contributed by atoms with Gasteiger partial charge in [0.1, 0.15) is 11.6 Å². The Morgan fingerprint density at radius 1 is 1.37 bits per heavy atom. The van der Waals surface area contributed by atoms with E-state index in [0.717, 1.165) is 12.0 Å². The molecule has 106 valence electrons. The van der Waals surface area contributed by atoms with Crippen molar-refractivity contribution in [2.24, 2.45) is 11.3 Å². The van der Waals surface area contributed by atoms with E-state index >= 15 is 0 Å². The molecule has 1 aromatic carbocycles. The van der Waals surface area contributed by atoms with Crippen LogP contribution in [0.2, 0.25) is 0 Å². The van der Waals surface area contributed by atoms with Crippen LogP contribution in [0.3, 0.4) is 0 Å². The fourth-order valence-corrected chi connectivity index (χ4v) is 2.88. The molecule has 1 unspecified atom stereocenters. The minimum Gasteiger partial charge on any atom is -0.299 e. The largest absolute Gasteiger partial charge is 0.299 e. The van der Waals surface area contributed by atoms with Crippen LogP contribution < -0.4 is 0 Å². The predicted molar refractivity (Wildman–Crippen MR) is 80.7 cm³/mol. The Morgan fingerprint density at radius 3 is 2.58 bits per heavy atom. The summed E-state index contributed by atoms with van der Waals surface area (Å²) in [5, 5.41) is 0. The van der Waals surface area contributed by atoms with Gasteiger partial charge >= 0.3 is 0 Å². The summed E-state index contributed by atoms with van der Waals surface area (Å²) in [6.07, 6.45) is 1.87. The van der Waals surface area contributed by atoms with Crippen LogP contribution in [0.4, 0.5) is 4.39 Å². The van der Waals surface area contributed by atoms with E-state index in [2.05, 4.69) is 43.6 Å². The van der Waals surface area contributed by atoms with Crippen molar-refractivity contribution in [1.29, 1.82) is 0 Å². The normalized spacial score (nSPS) is 13.4. The van der Waals surface area contributed by atoms with E-state index in [9.17, 15) is 9.18 Å². The van der Waals surface area contributed by atoms with E-state index in [-0.39, 0.29) is 17.0 Å². The fraction of sp³-hybridized carbons (Fsp3) is 0.562. The average Bonchev–Trinajstić information content (AvgIpc) is 2.21. The van der Waals surface area contributed by atoms with Crippen molar-refractivity contribution in [3.8, 4) is 0 Å². The highest BCUT2D eigenvalue weighted by Crippen LogP contribution is 2.27. The molecule has 19 heavy (non-hydrogen) atoms. The van der Waals surface area contributed by atoms with E-state index in [1.54, 1.807) is 12.1 Å². The molecule has 0 bridgehead atoms. The standard InChI is InChI=1S/C16H22BrFO/c1-11(10-16(2,3)4)8-13(19)9-12-6-5-7-14(18)15(12)17/h5-7,11H,8-10H2,1-4H3. The van der Waals surface area contributed by atoms with Gasteiger partial charge in [0.25, 0.3) is 0 Å². The Morgan fingerprint density at radius 2 is 2.00 bits per heavy atom. The number of rotatable bonds is 5. The Kier molecular flexibility index (Phi) is 5.72. The van der Waals surface area contributed by atoms with Crippen molar-refractivity contribution in [2.45, 2.75) is 47.0 Å². The summed E-state index contributed by atoms with van der Waals surface area (Å²) in [4.78, 5) is 12.0.